The van der Waals surface area contributed by atoms with Gasteiger partial charge < -0.3 is 4.52 Å². The maximum Gasteiger partial charge on any atom is 0.442 e. The van der Waals surface area contributed by atoms with E-state index in [2.05, 4.69) is 31.2 Å². The van der Waals surface area contributed by atoms with Crippen LogP contribution in [0.1, 0.15) is 5.82 Å². The first-order chi connectivity index (χ1) is 11.7. The first-order valence-corrected chi connectivity index (χ1v) is 8.62. The van der Waals surface area contributed by atoms with E-state index in [1.54, 1.807) is 11.3 Å². The van der Waals surface area contributed by atoms with Gasteiger partial charge in [-0.05, 0) is 23.6 Å². The van der Waals surface area contributed by atoms with E-state index >= 15 is 0 Å². The zero-order valence-corrected chi connectivity index (χ0v) is 14.5. The lowest BCUT2D eigenvalue weighted by Crippen LogP contribution is -2.17. The minimum absolute atomic E-state index is 0.109. The van der Waals surface area contributed by atoms with Crippen LogP contribution in [0.25, 0.3) is 22.8 Å². The first kappa shape index (κ1) is 15.0. The number of aromatic nitrogens is 4. The van der Waals surface area contributed by atoms with Crippen LogP contribution in [0, 0.1) is 0 Å². The molecule has 0 spiro atoms. The van der Waals surface area contributed by atoms with Crippen LogP contribution in [0.15, 0.2) is 59.4 Å². The molecule has 4 aromatic rings. The Kier molecular flexibility index (Phi) is 3.87. The molecule has 24 heavy (non-hydrogen) atoms. The zero-order chi connectivity index (χ0) is 16.5. The number of thiophene rings is 1. The molecule has 0 saturated carbocycles. The number of rotatable bonds is 4. The largest absolute Gasteiger partial charge is 0.442 e. The Bertz CT molecular complexity index is 1040. The summed E-state index contributed by atoms with van der Waals surface area (Å²) in [5.41, 5.74) is 1.60. The van der Waals surface area contributed by atoms with Crippen LogP contribution in [-0.2, 0) is 6.54 Å². The van der Waals surface area contributed by atoms with E-state index in [0.717, 1.165) is 15.6 Å². The SMILES string of the molecule is O=c1onc(-c2cccc(Br)c2)n1Cc1noc(-c2ccsc2)n1. The molecule has 0 amide bonds. The fourth-order valence-corrected chi connectivity index (χ4v) is 3.23. The van der Waals surface area contributed by atoms with Gasteiger partial charge in [0.2, 0.25) is 0 Å². The molecule has 7 nitrogen and oxygen atoms in total. The van der Waals surface area contributed by atoms with Gasteiger partial charge in [0.15, 0.2) is 11.6 Å². The molecule has 9 heteroatoms. The minimum Gasteiger partial charge on any atom is -0.334 e. The molecule has 3 aromatic heterocycles. The summed E-state index contributed by atoms with van der Waals surface area (Å²) in [7, 11) is 0. The second-order valence-electron chi connectivity index (χ2n) is 4.90. The molecule has 0 aliphatic carbocycles. The normalized spacial score (nSPS) is 11.0. The average molecular weight is 405 g/mol. The van der Waals surface area contributed by atoms with Gasteiger partial charge in [0.05, 0.1) is 12.1 Å². The van der Waals surface area contributed by atoms with Crippen molar-refractivity contribution in [3.63, 3.8) is 0 Å². The molecule has 0 saturated heterocycles. The highest BCUT2D eigenvalue weighted by atomic mass is 79.9. The van der Waals surface area contributed by atoms with Crippen LogP contribution in [0.5, 0.6) is 0 Å². The molecular formula is C15H9BrN4O3S. The van der Waals surface area contributed by atoms with Gasteiger partial charge in [0, 0.05) is 15.4 Å². The topological polar surface area (TPSA) is 87.0 Å². The van der Waals surface area contributed by atoms with Crippen LogP contribution >= 0.6 is 27.3 Å². The molecule has 0 fully saturated rings. The van der Waals surface area contributed by atoms with E-state index < -0.39 is 5.76 Å². The summed E-state index contributed by atoms with van der Waals surface area (Å²) in [6.07, 6.45) is 0. The maximum atomic E-state index is 12.0. The van der Waals surface area contributed by atoms with E-state index in [9.17, 15) is 4.79 Å². The number of hydrogen-bond acceptors (Lipinski definition) is 7. The van der Waals surface area contributed by atoms with E-state index in [4.69, 9.17) is 9.05 Å². The van der Waals surface area contributed by atoms with Gasteiger partial charge >= 0.3 is 5.76 Å². The predicted octanol–water partition coefficient (Wildman–Crippen LogP) is 3.43. The quantitative estimate of drug-likeness (QED) is 0.517. The highest BCUT2D eigenvalue weighted by Crippen LogP contribution is 2.22. The summed E-state index contributed by atoms with van der Waals surface area (Å²) >= 11 is 4.94. The summed E-state index contributed by atoms with van der Waals surface area (Å²) in [6.45, 7) is 0.109. The molecule has 120 valence electrons. The van der Waals surface area contributed by atoms with E-state index in [1.165, 1.54) is 4.57 Å². The molecule has 0 aliphatic heterocycles. The third kappa shape index (κ3) is 2.83. The summed E-state index contributed by atoms with van der Waals surface area (Å²) in [4.78, 5) is 16.3. The fourth-order valence-electron chi connectivity index (χ4n) is 2.21. The molecule has 3 heterocycles. The number of halogens is 1. The van der Waals surface area contributed by atoms with Crippen molar-refractivity contribution in [3.8, 4) is 22.8 Å². The second kappa shape index (κ2) is 6.17. The average Bonchev–Trinajstić information content (AvgIpc) is 3.30. The number of nitrogens with zero attached hydrogens (tertiary/aromatic N) is 4. The summed E-state index contributed by atoms with van der Waals surface area (Å²) < 4.78 is 12.3. The standard InChI is InChI=1S/C15H9BrN4O3S/c16-11-3-1-2-9(6-11)13-19-23-15(21)20(13)7-12-17-14(22-18-12)10-4-5-24-8-10/h1-6,8H,7H2. The molecule has 0 radical (unpaired) electrons. The third-order valence-electron chi connectivity index (χ3n) is 3.30. The second-order valence-corrected chi connectivity index (χ2v) is 6.59. The van der Waals surface area contributed by atoms with E-state index in [1.807, 2.05) is 41.1 Å². The molecule has 0 bridgehead atoms. The summed E-state index contributed by atoms with van der Waals surface area (Å²) in [5, 5.41) is 11.6. The number of benzene rings is 1. The van der Waals surface area contributed by atoms with Gasteiger partial charge in [-0.1, -0.05) is 38.4 Å². The Labute approximate surface area is 147 Å². The highest BCUT2D eigenvalue weighted by molar-refractivity contribution is 9.10. The van der Waals surface area contributed by atoms with Gasteiger partial charge in [-0.15, -0.1) is 0 Å². The van der Waals surface area contributed by atoms with Crippen LogP contribution in [0.3, 0.4) is 0 Å². The lowest BCUT2D eigenvalue weighted by molar-refractivity contribution is 0.376. The van der Waals surface area contributed by atoms with Crippen LogP contribution in [0.4, 0.5) is 0 Å². The van der Waals surface area contributed by atoms with E-state index in [0.29, 0.717) is 17.5 Å². The van der Waals surface area contributed by atoms with Crippen molar-refractivity contribution in [1.82, 2.24) is 19.9 Å². The molecule has 4 rings (SSSR count). The van der Waals surface area contributed by atoms with Crippen molar-refractivity contribution in [2.24, 2.45) is 0 Å². The lowest BCUT2D eigenvalue weighted by atomic mass is 10.2. The van der Waals surface area contributed by atoms with Crippen molar-refractivity contribution in [2.45, 2.75) is 6.54 Å². The van der Waals surface area contributed by atoms with Gasteiger partial charge in [0.1, 0.15) is 0 Å². The third-order valence-corrected chi connectivity index (χ3v) is 4.48. The van der Waals surface area contributed by atoms with Gasteiger partial charge in [0.25, 0.3) is 5.89 Å². The summed E-state index contributed by atoms with van der Waals surface area (Å²) in [6, 6.07) is 9.32. The van der Waals surface area contributed by atoms with Crippen LogP contribution in [0.2, 0.25) is 0 Å². The Morgan fingerprint density at radius 3 is 2.88 bits per heavy atom. The van der Waals surface area contributed by atoms with Crippen molar-refractivity contribution >= 4 is 27.3 Å². The Balaban J connectivity index is 1.68. The fraction of sp³-hybridized carbons (Fsp3) is 0.0667. The molecule has 1 aromatic carbocycles. The van der Waals surface area contributed by atoms with Gasteiger partial charge in [-0.3, -0.25) is 4.52 Å². The van der Waals surface area contributed by atoms with Crippen molar-refractivity contribution in [2.75, 3.05) is 0 Å². The Hall–Kier alpha value is -2.52. The van der Waals surface area contributed by atoms with Crippen molar-refractivity contribution in [3.05, 3.63) is 61.9 Å². The molecule has 0 N–H and O–H groups in total. The maximum absolute atomic E-state index is 12.0. The summed E-state index contributed by atoms with van der Waals surface area (Å²) in [5.74, 6) is 0.618. The van der Waals surface area contributed by atoms with Crippen LogP contribution in [-0.4, -0.2) is 19.9 Å². The van der Waals surface area contributed by atoms with E-state index in [-0.39, 0.29) is 6.54 Å². The van der Waals surface area contributed by atoms with Gasteiger partial charge in [-0.25, -0.2) is 9.36 Å². The van der Waals surface area contributed by atoms with Crippen LogP contribution < -0.4 is 5.76 Å². The minimum atomic E-state index is -0.577. The van der Waals surface area contributed by atoms with Gasteiger partial charge in [-0.2, -0.15) is 16.3 Å². The molecule has 0 unspecified atom stereocenters. The molecule has 0 aliphatic rings. The van der Waals surface area contributed by atoms with Crippen molar-refractivity contribution in [1.29, 1.82) is 0 Å². The Morgan fingerprint density at radius 1 is 1.17 bits per heavy atom. The molecule has 0 atom stereocenters. The first-order valence-electron chi connectivity index (χ1n) is 6.88. The zero-order valence-electron chi connectivity index (χ0n) is 12.0. The smallest absolute Gasteiger partial charge is 0.334 e. The predicted molar refractivity (Wildman–Crippen MR) is 90.6 cm³/mol. The molecular weight excluding hydrogens is 396 g/mol. The highest BCUT2D eigenvalue weighted by Gasteiger charge is 2.17. The van der Waals surface area contributed by atoms with Crippen molar-refractivity contribution < 1.29 is 9.05 Å². The Morgan fingerprint density at radius 2 is 2.08 bits per heavy atom. The monoisotopic (exact) mass is 404 g/mol. The number of hydrogen-bond donors (Lipinski definition) is 0. The lowest BCUT2D eigenvalue weighted by Gasteiger charge is -2.02.